The molecule has 240 valence electrons. The van der Waals surface area contributed by atoms with Crippen molar-refractivity contribution in [3.05, 3.63) is 48.5 Å². The Bertz CT molecular complexity index is 1130. The van der Waals surface area contributed by atoms with Gasteiger partial charge in [0.2, 0.25) is 0 Å². The molecular formula is C36H56ClN3O3. The van der Waals surface area contributed by atoms with Gasteiger partial charge in [-0.25, -0.2) is 0 Å². The molecule has 1 N–H and O–H groups in total. The smallest absolute Gasteiger partial charge is 0.322 e. The fraction of sp³-hybridized carbons (Fsp3) is 0.667. The molecular weight excluding hydrogens is 558 g/mol. The van der Waals surface area contributed by atoms with Gasteiger partial charge in [0.1, 0.15) is 23.1 Å². The standard InChI is InChI=1S/C36H56ClN3O3/c1-3-5-7-9-10-11-12-13-14-15-16-17-18-23-30-42-33-28-24-27-32-35(33)39-40(38-32)36(37,34(41)29-22-8-6-4-2)43-31-25-20-19-21-26-31/h19-21,24-28,34,41H,3-18,22-23,29-30H2,1-2H3. The molecule has 2 aromatic carbocycles. The van der Waals surface area contributed by atoms with Crippen LogP contribution in [-0.2, 0) is 5.18 Å². The van der Waals surface area contributed by atoms with E-state index in [2.05, 4.69) is 18.9 Å². The second-order valence-electron chi connectivity index (χ2n) is 11.9. The lowest BCUT2D eigenvalue weighted by molar-refractivity contribution is -0.0675. The normalized spacial score (nSPS) is 13.7. The van der Waals surface area contributed by atoms with E-state index in [0.717, 1.165) is 32.1 Å². The predicted octanol–water partition coefficient (Wildman–Crippen LogP) is 10.6. The zero-order chi connectivity index (χ0) is 30.6. The summed E-state index contributed by atoms with van der Waals surface area (Å²) in [6.07, 6.45) is 22.2. The van der Waals surface area contributed by atoms with Crippen LogP contribution in [0.5, 0.6) is 11.5 Å². The van der Waals surface area contributed by atoms with Crippen molar-refractivity contribution in [3.8, 4) is 11.5 Å². The van der Waals surface area contributed by atoms with Crippen molar-refractivity contribution in [2.45, 2.75) is 147 Å². The molecule has 1 aromatic heterocycles. The van der Waals surface area contributed by atoms with E-state index in [1.807, 2.05) is 48.5 Å². The highest BCUT2D eigenvalue weighted by Gasteiger charge is 2.43. The van der Waals surface area contributed by atoms with Crippen molar-refractivity contribution in [1.82, 2.24) is 15.0 Å². The molecule has 0 aliphatic carbocycles. The molecule has 0 spiro atoms. The number of rotatable bonds is 25. The van der Waals surface area contributed by atoms with Gasteiger partial charge in [0.05, 0.1) is 6.61 Å². The summed E-state index contributed by atoms with van der Waals surface area (Å²) >= 11 is 7.06. The number of para-hydroxylation sites is 1. The number of unbranched alkanes of at least 4 members (excludes halogenated alkanes) is 16. The summed E-state index contributed by atoms with van der Waals surface area (Å²) in [5.74, 6) is 1.22. The second-order valence-corrected chi connectivity index (χ2v) is 12.5. The molecule has 43 heavy (non-hydrogen) atoms. The number of alkyl halides is 1. The summed E-state index contributed by atoms with van der Waals surface area (Å²) in [4.78, 5) is 1.32. The number of aliphatic hydroxyl groups excluding tert-OH is 1. The number of ether oxygens (including phenoxy) is 2. The van der Waals surface area contributed by atoms with Crippen molar-refractivity contribution in [2.24, 2.45) is 0 Å². The van der Waals surface area contributed by atoms with Crippen LogP contribution in [0.3, 0.4) is 0 Å². The maximum absolute atomic E-state index is 11.2. The lowest BCUT2D eigenvalue weighted by atomic mass is 10.0. The van der Waals surface area contributed by atoms with E-state index in [9.17, 15) is 5.11 Å². The lowest BCUT2D eigenvalue weighted by Gasteiger charge is -2.31. The van der Waals surface area contributed by atoms with Gasteiger partial charge in [-0.05, 0) is 48.7 Å². The number of halogens is 1. The van der Waals surface area contributed by atoms with Gasteiger partial charge < -0.3 is 14.6 Å². The number of fused-ring (bicyclic) bond motifs is 1. The van der Waals surface area contributed by atoms with Crippen LogP contribution in [-0.4, -0.2) is 32.8 Å². The van der Waals surface area contributed by atoms with Crippen LogP contribution in [0.1, 0.15) is 136 Å². The summed E-state index contributed by atoms with van der Waals surface area (Å²) in [7, 11) is 0. The van der Waals surface area contributed by atoms with Crippen LogP contribution in [0, 0.1) is 0 Å². The Kier molecular flexibility index (Phi) is 16.9. The molecule has 2 atom stereocenters. The van der Waals surface area contributed by atoms with Gasteiger partial charge in [0.15, 0.2) is 5.52 Å². The van der Waals surface area contributed by atoms with Gasteiger partial charge >= 0.3 is 5.18 Å². The van der Waals surface area contributed by atoms with Crippen LogP contribution >= 0.6 is 11.6 Å². The van der Waals surface area contributed by atoms with Gasteiger partial charge in [-0.1, -0.05) is 147 Å². The first kappa shape index (κ1) is 35.2. The summed E-state index contributed by atoms with van der Waals surface area (Å²) < 4.78 is 12.3. The Morgan fingerprint density at radius 2 is 1.26 bits per heavy atom. The molecule has 0 radical (unpaired) electrons. The zero-order valence-corrected chi connectivity index (χ0v) is 27.6. The summed E-state index contributed by atoms with van der Waals surface area (Å²) in [6.45, 7) is 5.08. The Balaban J connectivity index is 1.47. The third kappa shape index (κ3) is 12.3. The Morgan fingerprint density at radius 1 is 0.698 bits per heavy atom. The molecule has 7 heteroatoms. The molecule has 3 aromatic rings. The fourth-order valence-electron chi connectivity index (χ4n) is 5.48. The SMILES string of the molecule is CCCCCCCCCCCCCCCCOc1cccc2nn(C(Cl)(Oc3ccccc3)C(O)CCCCCC)nc12. The van der Waals surface area contributed by atoms with E-state index in [4.69, 9.17) is 26.2 Å². The molecule has 2 unspecified atom stereocenters. The highest BCUT2D eigenvalue weighted by molar-refractivity contribution is 6.21. The Labute approximate surface area is 265 Å². The topological polar surface area (TPSA) is 69.4 Å². The number of aromatic nitrogens is 3. The van der Waals surface area contributed by atoms with Crippen molar-refractivity contribution in [3.63, 3.8) is 0 Å². The molecule has 1 heterocycles. The quantitative estimate of drug-likeness (QED) is 0.0760. The van der Waals surface area contributed by atoms with Gasteiger partial charge in [0, 0.05) is 0 Å². The third-order valence-corrected chi connectivity index (χ3v) is 8.63. The average Bonchev–Trinajstić information content (AvgIpc) is 3.48. The summed E-state index contributed by atoms with van der Waals surface area (Å²) in [6, 6.07) is 15.0. The molecule has 0 aliphatic heterocycles. The average molecular weight is 614 g/mol. The number of hydrogen-bond donors (Lipinski definition) is 1. The molecule has 3 rings (SSSR count). The highest BCUT2D eigenvalue weighted by Crippen LogP contribution is 2.34. The van der Waals surface area contributed by atoms with Crippen LogP contribution in [0.25, 0.3) is 11.0 Å². The third-order valence-electron chi connectivity index (χ3n) is 8.15. The summed E-state index contributed by atoms with van der Waals surface area (Å²) in [5, 5.41) is 18.9. The minimum absolute atomic E-state index is 0.483. The number of benzene rings is 2. The van der Waals surface area contributed by atoms with E-state index in [1.165, 1.54) is 88.3 Å². The molecule has 0 aliphatic rings. The predicted molar refractivity (Wildman–Crippen MR) is 179 cm³/mol. The van der Waals surface area contributed by atoms with E-state index in [-0.39, 0.29) is 0 Å². The highest BCUT2D eigenvalue weighted by atomic mass is 35.5. The first-order chi connectivity index (χ1) is 21.1. The number of nitrogens with zero attached hydrogens (tertiary/aromatic N) is 3. The van der Waals surface area contributed by atoms with Gasteiger partial charge in [-0.2, -0.15) is 0 Å². The van der Waals surface area contributed by atoms with Crippen LogP contribution in [0.4, 0.5) is 0 Å². The van der Waals surface area contributed by atoms with Crippen molar-refractivity contribution in [1.29, 1.82) is 0 Å². The molecule has 0 amide bonds. The molecule has 0 saturated carbocycles. The van der Waals surface area contributed by atoms with E-state index < -0.39 is 11.3 Å². The van der Waals surface area contributed by atoms with Gasteiger partial charge in [-0.3, -0.25) is 0 Å². The van der Waals surface area contributed by atoms with Crippen LogP contribution in [0.15, 0.2) is 48.5 Å². The maximum Gasteiger partial charge on any atom is 0.322 e. The molecule has 0 saturated heterocycles. The first-order valence-electron chi connectivity index (χ1n) is 17.2. The number of hydrogen-bond acceptors (Lipinski definition) is 5. The minimum atomic E-state index is -1.68. The van der Waals surface area contributed by atoms with Crippen molar-refractivity contribution < 1.29 is 14.6 Å². The summed E-state index contributed by atoms with van der Waals surface area (Å²) in [5.41, 5.74) is 1.27. The molecule has 0 bridgehead atoms. The van der Waals surface area contributed by atoms with Crippen LogP contribution in [0.2, 0.25) is 0 Å². The van der Waals surface area contributed by atoms with Crippen molar-refractivity contribution in [2.75, 3.05) is 6.61 Å². The van der Waals surface area contributed by atoms with Crippen LogP contribution < -0.4 is 9.47 Å². The van der Waals surface area contributed by atoms with E-state index in [0.29, 0.717) is 35.6 Å². The zero-order valence-electron chi connectivity index (χ0n) is 26.8. The first-order valence-corrected chi connectivity index (χ1v) is 17.6. The van der Waals surface area contributed by atoms with Gasteiger partial charge in [0.25, 0.3) is 0 Å². The minimum Gasteiger partial charge on any atom is -0.491 e. The fourth-order valence-corrected chi connectivity index (χ4v) is 5.75. The molecule has 6 nitrogen and oxygen atoms in total. The molecule has 0 fully saturated rings. The van der Waals surface area contributed by atoms with E-state index in [1.54, 1.807) is 0 Å². The maximum atomic E-state index is 11.2. The second kappa shape index (κ2) is 20.6. The lowest BCUT2D eigenvalue weighted by Crippen LogP contribution is -2.46. The Hall–Kier alpha value is -2.31. The van der Waals surface area contributed by atoms with Gasteiger partial charge in [-0.15, -0.1) is 15.0 Å². The van der Waals surface area contributed by atoms with Crippen molar-refractivity contribution >= 4 is 22.6 Å². The Morgan fingerprint density at radius 3 is 1.86 bits per heavy atom. The largest absolute Gasteiger partial charge is 0.491 e. The number of aliphatic hydroxyl groups is 1. The monoisotopic (exact) mass is 613 g/mol. The van der Waals surface area contributed by atoms with E-state index >= 15 is 0 Å².